The Labute approximate surface area is 154 Å². The molecule has 0 aliphatic carbocycles. The molecule has 7 heteroatoms. The van der Waals surface area contributed by atoms with Crippen LogP contribution < -0.4 is 5.32 Å². The van der Waals surface area contributed by atoms with Gasteiger partial charge in [-0.05, 0) is 49.1 Å². The van der Waals surface area contributed by atoms with Gasteiger partial charge in [0.05, 0.1) is 0 Å². The van der Waals surface area contributed by atoms with Crippen molar-refractivity contribution in [2.75, 3.05) is 25.0 Å². The van der Waals surface area contributed by atoms with Gasteiger partial charge in [0.25, 0.3) is 0 Å². The van der Waals surface area contributed by atoms with Crippen LogP contribution in [0.25, 0.3) is 0 Å². The van der Waals surface area contributed by atoms with Gasteiger partial charge in [-0.25, -0.2) is 13.4 Å². The maximum Gasteiger partial charge on any atom is 0.244 e. The predicted molar refractivity (Wildman–Crippen MR) is 100 cm³/mol. The molecule has 3 rings (SSSR count). The highest BCUT2D eigenvalue weighted by molar-refractivity contribution is 7.89. The molecule has 0 atom stereocenters. The molecule has 1 fully saturated rings. The van der Waals surface area contributed by atoms with E-state index in [0.717, 1.165) is 30.7 Å². The summed E-state index contributed by atoms with van der Waals surface area (Å²) >= 11 is 5.87. The van der Waals surface area contributed by atoms with E-state index in [-0.39, 0.29) is 4.90 Å². The number of nitrogens with one attached hydrogen (secondary N) is 1. The van der Waals surface area contributed by atoms with Gasteiger partial charge in [-0.15, -0.1) is 0 Å². The third-order valence-corrected chi connectivity index (χ3v) is 6.46. The zero-order valence-corrected chi connectivity index (χ0v) is 15.6. The molecular weight excluding hydrogens is 358 g/mol. The first-order valence-electron chi connectivity index (χ1n) is 8.50. The summed E-state index contributed by atoms with van der Waals surface area (Å²) in [6.07, 6.45) is 5.23. The highest BCUT2D eigenvalue weighted by Gasteiger charge is 2.25. The SMILES string of the molecule is O=S(=O)(c1ccc(NCCc2ccc(Cl)cc2)nc1)N1CCCCC1. The lowest BCUT2D eigenvalue weighted by molar-refractivity contribution is 0.346. The second kappa shape index (κ2) is 8.17. The molecule has 0 spiro atoms. The molecule has 1 aromatic heterocycles. The highest BCUT2D eigenvalue weighted by Crippen LogP contribution is 2.20. The minimum Gasteiger partial charge on any atom is -0.370 e. The smallest absolute Gasteiger partial charge is 0.244 e. The minimum atomic E-state index is -3.42. The molecule has 1 aliphatic heterocycles. The summed E-state index contributed by atoms with van der Waals surface area (Å²) in [5.41, 5.74) is 1.18. The molecule has 134 valence electrons. The van der Waals surface area contributed by atoms with Crippen LogP contribution in [0.1, 0.15) is 24.8 Å². The lowest BCUT2D eigenvalue weighted by Crippen LogP contribution is -2.35. The van der Waals surface area contributed by atoms with Crippen LogP contribution in [0.4, 0.5) is 5.82 Å². The monoisotopic (exact) mass is 379 g/mol. The number of hydrogen-bond donors (Lipinski definition) is 1. The van der Waals surface area contributed by atoms with E-state index in [9.17, 15) is 8.42 Å². The fraction of sp³-hybridized carbons (Fsp3) is 0.389. The Morgan fingerprint density at radius 3 is 2.40 bits per heavy atom. The van der Waals surface area contributed by atoms with E-state index in [4.69, 9.17) is 11.6 Å². The number of halogens is 1. The second-order valence-electron chi connectivity index (χ2n) is 6.15. The number of piperidine rings is 1. The van der Waals surface area contributed by atoms with Gasteiger partial charge < -0.3 is 5.32 Å². The van der Waals surface area contributed by atoms with Crippen molar-refractivity contribution in [2.24, 2.45) is 0 Å². The number of aromatic nitrogens is 1. The molecule has 1 aliphatic rings. The zero-order chi connectivity index (χ0) is 17.7. The van der Waals surface area contributed by atoms with Gasteiger partial charge in [0, 0.05) is 30.9 Å². The van der Waals surface area contributed by atoms with E-state index in [0.29, 0.717) is 25.5 Å². The fourth-order valence-corrected chi connectivity index (χ4v) is 4.47. The normalized spacial score (nSPS) is 15.9. The highest BCUT2D eigenvalue weighted by atomic mass is 35.5. The summed E-state index contributed by atoms with van der Waals surface area (Å²) in [5.74, 6) is 0.673. The lowest BCUT2D eigenvalue weighted by Gasteiger charge is -2.25. The number of anilines is 1. The van der Waals surface area contributed by atoms with Gasteiger partial charge in [0.2, 0.25) is 10.0 Å². The molecule has 0 radical (unpaired) electrons. The fourth-order valence-electron chi connectivity index (χ4n) is 2.88. The van der Waals surface area contributed by atoms with Gasteiger partial charge in [0.15, 0.2) is 0 Å². The van der Waals surface area contributed by atoms with Gasteiger partial charge in [-0.1, -0.05) is 30.2 Å². The first kappa shape index (κ1) is 18.2. The average Bonchev–Trinajstić information content (AvgIpc) is 2.64. The zero-order valence-electron chi connectivity index (χ0n) is 14.0. The van der Waals surface area contributed by atoms with Gasteiger partial charge in [0.1, 0.15) is 10.7 Å². The number of hydrogen-bond acceptors (Lipinski definition) is 4. The molecule has 0 amide bonds. The number of pyridine rings is 1. The molecule has 2 heterocycles. The quantitative estimate of drug-likeness (QED) is 0.833. The van der Waals surface area contributed by atoms with Crippen molar-refractivity contribution in [2.45, 2.75) is 30.6 Å². The molecule has 1 aromatic carbocycles. The topological polar surface area (TPSA) is 62.3 Å². The van der Waals surface area contributed by atoms with E-state index in [2.05, 4.69) is 10.3 Å². The second-order valence-corrected chi connectivity index (χ2v) is 8.52. The predicted octanol–water partition coefficient (Wildman–Crippen LogP) is 3.56. The van der Waals surface area contributed by atoms with Crippen molar-refractivity contribution < 1.29 is 8.42 Å². The summed E-state index contributed by atoms with van der Waals surface area (Å²) in [5, 5.41) is 3.94. The van der Waals surface area contributed by atoms with Crippen molar-refractivity contribution >= 4 is 27.4 Å². The largest absolute Gasteiger partial charge is 0.370 e. The Kier molecular flexibility index (Phi) is 5.93. The van der Waals surface area contributed by atoms with Crippen LogP contribution in [-0.4, -0.2) is 37.3 Å². The van der Waals surface area contributed by atoms with Crippen LogP contribution in [-0.2, 0) is 16.4 Å². The minimum absolute atomic E-state index is 0.262. The van der Waals surface area contributed by atoms with Crippen molar-refractivity contribution in [3.8, 4) is 0 Å². The molecule has 5 nitrogen and oxygen atoms in total. The van der Waals surface area contributed by atoms with Crippen LogP contribution in [0.15, 0.2) is 47.5 Å². The van der Waals surface area contributed by atoms with Crippen LogP contribution in [0.5, 0.6) is 0 Å². The third-order valence-electron chi connectivity index (χ3n) is 4.32. The number of nitrogens with zero attached hydrogens (tertiary/aromatic N) is 2. The van der Waals surface area contributed by atoms with Gasteiger partial charge >= 0.3 is 0 Å². The van der Waals surface area contributed by atoms with Gasteiger partial charge in [-0.2, -0.15) is 4.31 Å². The van der Waals surface area contributed by atoms with Crippen molar-refractivity contribution in [1.29, 1.82) is 0 Å². The lowest BCUT2D eigenvalue weighted by atomic mass is 10.1. The molecule has 25 heavy (non-hydrogen) atoms. The molecule has 0 saturated carbocycles. The van der Waals surface area contributed by atoms with E-state index in [1.807, 2.05) is 24.3 Å². The summed E-state index contributed by atoms with van der Waals surface area (Å²) in [6, 6.07) is 11.1. The molecule has 2 aromatic rings. The van der Waals surface area contributed by atoms with E-state index in [1.54, 1.807) is 16.4 Å². The standard InChI is InChI=1S/C18H22ClN3O2S/c19-16-6-4-15(5-7-16)10-11-20-18-9-8-17(14-21-18)25(23,24)22-12-2-1-3-13-22/h4-9,14H,1-3,10-13H2,(H,20,21). The van der Waals surface area contributed by atoms with Crippen LogP contribution >= 0.6 is 11.6 Å². The van der Waals surface area contributed by atoms with E-state index >= 15 is 0 Å². The molecular formula is C18H22ClN3O2S. The number of rotatable bonds is 6. The summed E-state index contributed by atoms with van der Waals surface area (Å²) in [7, 11) is -3.42. The average molecular weight is 380 g/mol. The Morgan fingerprint density at radius 1 is 1.04 bits per heavy atom. The Bertz CT molecular complexity index is 786. The summed E-state index contributed by atoms with van der Waals surface area (Å²) < 4.78 is 26.7. The molecule has 0 bridgehead atoms. The van der Waals surface area contributed by atoms with Crippen LogP contribution in [0.3, 0.4) is 0 Å². The first-order chi connectivity index (χ1) is 12.1. The Hall–Kier alpha value is -1.63. The van der Waals surface area contributed by atoms with Gasteiger partial charge in [-0.3, -0.25) is 0 Å². The van der Waals surface area contributed by atoms with Crippen molar-refractivity contribution in [3.05, 3.63) is 53.2 Å². The van der Waals surface area contributed by atoms with Crippen molar-refractivity contribution in [3.63, 3.8) is 0 Å². The molecule has 1 saturated heterocycles. The number of sulfonamides is 1. The summed E-state index contributed by atoms with van der Waals surface area (Å²) in [6.45, 7) is 1.92. The van der Waals surface area contributed by atoms with E-state index < -0.39 is 10.0 Å². The van der Waals surface area contributed by atoms with E-state index in [1.165, 1.54) is 11.8 Å². The summed E-state index contributed by atoms with van der Waals surface area (Å²) in [4.78, 5) is 4.51. The molecule has 0 unspecified atom stereocenters. The Morgan fingerprint density at radius 2 is 1.76 bits per heavy atom. The van der Waals surface area contributed by atoms with Crippen LogP contribution in [0, 0.1) is 0 Å². The van der Waals surface area contributed by atoms with Crippen molar-refractivity contribution in [1.82, 2.24) is 9.29 Å². The Balaban J connectivity index is 1.57. The maximum absolute atomic E-state index is 12.6. The maximum atomic E-state index is 12.6. The first-order valence-corrected chi connectivity index (χ1v) is 10.3. The third kappa shape index (κ3) is 4.71. The number of benzene rings is 1. The molecule has 1 N–H and O–H groups in total. The van der Waals surface area contributed by atoms with Crippen LogP contribution in [0.2, 0.25) is 5.02 Å².